The summed E-state index contributed by atoms with van der Waals surface area (Å²) >= 11 is 0. The molecule has 2 aromatic rings. The van der Waals surface area contributed by atoms with E-state index in [-0.39, 0.29) is 5.75 Å². The van der Waals surface area contributed by atoms with Gasteiger partial charge in [0.15, 0.2) is 0 Å². The molecule has 0 aliphatic carbocycles. The summed E-state index contributed by atoms with van der Waals surface area (Å²) in [5.41, 5.74) is 0. The maximum Gasteiger partial charge on any atom is 0.460 e. The molecule has 0 aliphatic rings. The van der Waals surface area contributed by atoms with Crippen molar-refractivity contribution in [2.75, 3.05) is 7.11 Å². The van der Waals surface area contributed by atoms with Crippen LogP contribution in [0.5, 0.6) is 5.75 Å². The molecule has 0 fully saturated rings. The Bertz CT molecular complexity index is 669. The number of fused-ring (bicyclic) bond motifs is 1. The molecule has 21 heavy (non-hydrogen) atoms. The van der Waals surface area contributed by atoms with Gasteiger partial charge in [0, 0.05) is 7.11 Å². The van der Waals surface area contributed by atoms with Gasteiger partial charge in [0.1, 0.15) is 5.75 Å². The number of hydrogen-bond acceptors (Lipinski definition) is 3. The Balaban J connectivity index is 2.29. The van der Waals surface area contributed by atoms with E-state index in [0.717, 1.165) is 5.39 Å². The van der Waals surface area contributed by atoms with Crippen molar-refractivity contribution in [3.63, 3.8) is 0 Å². The van der Waals surface area contributed by atoms with Gasteiger partial charge in [-0.05, 0) is 22.9 Å². The van der Waals surface area contributed by atoms with E-state index in [1.165, 1.54) is 18.2 Å². The molecule has 0 saturated carbocycles. The second kappa shape index (κ2) is 5.33. The van der Waals surface area contributed by atoms with E-state index in [1.807, 2.05) is 0 Å². The van der Waals surface area contributed by atoms with Crippen LogP contribution >= 0.6 is 0 Å². The fourth-order valence-corrected chi connectivity index (χ4v) is 1.72. The van der Waals surface area contributed by atoms with Crippen molar-refractivity contribution in [1.29, 1.82) is 0 Å². The molecular weight excluding hydrogens is 292 g/mol. The summed E-state index contributed by atoms with van der Waals surface area (Å²) in [6, 6.07) is 11.1. The van der Waals surface area contributed by atoms with E-state index in [1.54, 1.807) is 24.3 Å². The Kier molecular flexibility index (Phi) is 3.87. The summed E-state index contributed by atoms with van der Waals surface area (Å²) in [4.78, 5) is 11.4. The van der Waals surface area contributed by atoms with E-state index < -0.39 is 18.0 Å². The Hall–Kier alpha value is -2.15. The van der Waals surface area contributed by atoms with Crippen molar-refractivity contribution in [3.05, 3.63) is 42.5 Å². The minimum absolute atomic E-state index is 0.206. The number of methoxy groups -OCH3 is 1. The van der Waals surface area contributed by atoms with E-state index in [4.69, 9.17) is 0 Å². The quantitative estimate of drug-likeness (QED) is 0.493. The third-order valence-corrected chi connectivity index (χ3v) is 2.84. The number of rotatable bonds is 3. The average Bonchev–Trinajstić information content (AvgIpc) is 2.44. The van der Waals surface area contributed by atoms with Crippen LogP contribution in [0.15, 0.2) is 42.5 Å². The van der Waals surface area contributed by atoms with Gasteiger partial charge >= 0.3 is 18.0 Å². The summed E-state index contributed by atoms with van der Waals surface area (Å²) in [5, 5.41) is 1.43. The van der Waals surface area contributed by atoms with Crippen LogP contribution < -0.4 is 4.74 Å². The first-order valence-electron chi connectivity index (χ1n) is 5.80. The highest BCUT2D eigenvalue weighted by Gasteiger charge is 2.64. The molecule has 112 valence electrons. The predicted molar refractivity (Wildman–Crippen MR) is 66.5 cm³/mol. The van der Waals surface area contributed by atoms with Gasteiger partial charge in [0.25, 0.3) is 0 Å². The smallest absolute Gasteiger partial charge is 0.422 e. The molecule has 0 saturated heterocycles. The van der Waals surface area contributed by atoms with Crippen LogP contribution in [0.3, 0.4) is 0 Å². The molecule has 7 heteroatoms. The van der Waals surface area contributed by atoms with Crippen molar-refractivity contribution in [3.8, 4) is 5.75 Å². The van der Waals surface area contributed by atoms with E-state index in [2.05, 4.69) is 9.47 Å². The molecule has 1 atom stereocenters. The lowest BCUT2D eigenvalue weighted by molar-refractivity contribution is -0.313. The summed E-state index contributed by atoms with van der Waals surface area (Å²) in [5.74, 6) is -6.88. The largest absolute Gasteiger partial charge is 0.460 e. The lowest BCUT2D eigenvalue weighted by Crippen LogP contribution is -2.51. The third-order valence-electron chi connectivity index (χ3n) is 2.84. The Morgan fingerprint density at radius 1 is 1.00 bits per heavy atom. The Morgan fingerprint density at radius 2 is 1.62 bits per heavy atom. The molecule has 0 amide bonds. The summed E-state index contributed by atoms with van der Waals surface area (Å²) in [7, 11) is 0.440. The zero-order valence-electron chi connectivity index (χ0n) is 10.8. The molecule has 2 aromatic carbocycles. The number of alkyl halides is 4. The number of halogens is 4. The van der Waals surface area contributed by atoms with Crippen molar-refractivity contribution in [1.82, 2.24) is 0 Å². The van der Waals surface area contributed by atoms with Crippen LogP contribution in [0.4, 0.5) is 17.6 Å². The number of ether oxygens (including phenoxy) is 2. The first-order chi connectivity index (χ1) is 9.78. The molecule has 0 radical (unpaired) electrons. The minimum Gasteiger partial charge on any atom is -0.422 e. The fourth-order valence-electron chi connectivity index (χ4n) is 1.72. The van der Waals surface area contributed by atoms with Gasteiger partial charge in [-0.15, -0.1) is 0 Å². The summed E-state index contributed by atoms with van der Waals surface area (Å²) in [6.45, 7) is 0. The van der Waals surface area contributed by atoms with Gasteiger partial charge in [0.2, 0.25) is 0 Å². The first kappa shape index (κ1) is 15.2. The van der Waals surface area contributed by atoms with Gasteiger partial charge < -0.3 is 9.47 Å². The molecule has 0 spiro atoms. The number of carbonyl (C=O) groups is 1. The number of carbonyl (C=O) groups excluding carboxylic acids is 1. The fraction of sp³-hybridized carbons (Fsp3) is 0.214. The zero-order chi connectivity index (χ0) is 15.7. The van der Waals surface area contributed by atoms with Crippen molar-refractivity contribution < 1.29 is 31.8 Å². The highest BCUT2D eigenvalue weighted by Crippen LogP contribution is 2.36. The maximum atomic E-state index is 13.6. The minimum atomic E-state index is -5.53. The van der Waals surface area contributed by atoms with E-state index in [0.29, 0.717) is 12.5 Å². The van der Waals surface area contributed by atoms with Crippen LogP contribution in [0.1, 0.15) is 0 Å². The van der Waals surface area contributed by atoms with Crippen LogP contribution in [-0.4, -0.2) is 25.1 Å². The van der Waals surface area contributed by atoms with Crippen molar-refractivity contribution in [2.24, 2.45) is 0 Å². The molecule has 0 heterocycles. The predicted octanol–water partition coefficient (Wildman–Crippen LogP) is 3.62. The number of hydrogen-bond donors (Lipinski definition) is 0. The Labute approximate surface area is 117 Å². The van der Waals surface area contributed by atoms with Crippen molar-refractivity contribution in [2.45, 2.75) is 12.0 Å². The molecule has 3 nitrogen and oxygen atoms in total. The van der Waals surface area contributed by atoms with Gasteiger partial charge in [-0.2, -0.15) is 17.6 Å². The van der Waals surface area contributed by atoms with Gasteiger partial charge in [-0.25, -0.2) is 4.79 Å². The van der Waals surface area contributed by atoms with Crippen LogP contribution in [0.25, 0.3) is 10.8 Å². The van der Waals surface area contributed by atoms with Gasteiger partial charge in [-0.1, -0.05) is 30.3 Å². The van der Waals surface area contributed by atoms with Crippen molar-refractivity contribution >= 4 is 16.7 Å². The summed E-state index contributed by atoms with van der Waals surface area (Å²) in [6.07, 6.45) is -5.53. The third kappa shape index (κ3) is 2.82. The van der Waals surface area contributed by atoms with Crippen LogP contribution in [0, 0.1) is 0 Å². The molecule has 0 bridgehead atoms. The van der Waals surface area contributed by atoms with Crippen LogP contribution in [0.2, 0.25) is 0 Å². The van der Waals surface area contributed by atoms with Crippen LogP contribution in [-0.2, 0) is 9.53 Å². The molecule has 2 rings (SSSR count). The monoisotopic (exact) mass is 302 g/mol. The highest BCUT2D eigenvalue weighted by molar-refractivity contribution is 5.86. The molecule has 0 aromatic heterocycles. The van der Waals surface area contributed by atoms with Gasteiger partial charge in [0.05, 0.1) is 0 Å². The summed E-state index contributed by atoms with van der Waals surface area (Å²) < 4.78 is 59.2. The lowest BCUT2D eigenvalue weighted by Gasteiger charge is -2.23. The first-order valence-corrected chi connectivity index (χ1v) is 5.80. The van der Waals surface area contributed by atoms with Gasteiger partial charge in [-0.3, -0.25) is 0 Å². The average molecular weight is 302 g/mol. The Morgan fingerprint density at radius 3 is 2.19 bits per heavy atom. The molecule has 0 N–H and O–H groups in total. The second-order valence-electron chi connectivity index (χ2n) is 4.20. The molecular formula is C14H10F4O3. The normalized spacial score (nSPS) is 14.7. The zero-order valence-corrected chi connectivity index (χ0v) is 10.8. The number of esters is 1. The van der Waals surface area contributed by atoms with E-state index in [9.17, 15) is 22.4 Å². The standard InChI is InChI=1S/C14H10F4O3/c1-20-13(15,14(16,17)18)12(19)21-11-7-6-9-4-2-3-5-10(9)8-11/h2-8H,1H3. The topological polar surface area (TPSA) is 35.5 Å². The molecule has 0 aliphatic heterocycles. The maximum absolute atomic E-state index is 13.6. The second-order valence-corrected chi connectivity index (χ2v) is 4.20. The number of benzene rings is 2. The van der Waals surface area contributed by atoms with E-state index >= 15 is 0 Å². The SMILES string of the molecule is COC(F)(C(=O)Oc1ccc2ccccc2c1)C(F)(F)F. The lowest BCUT2D eigenvalue weighted by atomic mass is 10.1. The highest BCUT2D eigenvalue weighted by atomic mass is 19.4. The molecule has 1 unspecified atom stereocenters.